The lowest BCUT2D eigenvalue weighted by Crippen LogP contribution is -2.23. The van der Waals surface area contributed by atoms with Gasteiger partial charge in [-0.15, -0.1) is 0 Å². The van der Waals surface area contributed by atoms with Gasteiger partial charge in [0, 0.05) is 25.2 Å². The van der Waals surface area contributed by atoms with E-state index in [0.29, 0.717) is 12.7 Å². The molecule has 0 spiro atoms. The summed E-state index contributed by atoms with van der Waals surface area (Å²) in [5.74, 6) is -0.669. The summed E-state index contributed by atoms with van der Waals surface area (Å²) in [6.07, 6.45) is -6.03. The van der Waals surface area contributed by atoms with E-state index in [1.807, 2.05) is 0 Å². The summed E-state index contributed by atoms with van der Waals surface area (Å²) in [6.45, 7) is 0.364. The molecule has 1 aliphatic heterocycles. The predicted molar refractivity (Wildman–Crippen MR) is 60.6 cm³/mol. The van der Waals surface area contributed by atoms with Crippen molar-refractivity contribution in [2.45, 2.75) is 19.0 Å². The van der Waals surface area contributed by atoms with Gasteiger partial charge in [-0.1, -0.05) is 11.6 Å². The maximum absolute atomic E-state index is 12.5. The average Bonchev–Trinajstić information content (AvgIpc) is 2.76. The normalized spacial score (nSPS) is 20.4. The van der Waals surface area contributed by atoms with Gasteiger partial charge in [-0.25, -0.2) is 13.8 Å². The fourth-order valence-electron chi connectivity index (χ4n) is 2.00. The molecule has 1 fully saturated rings. The van der Waals surface area contributed by atoms with E-state index in [-0.39, 0.29) is 23.8 Å². The predicted octanol–water partition coefficient (Wildman–Crippen LogP) is 3.85. The zero-order valence-corrected chi connectivity index (χ0v) is 10.3. The summed E-state index contributed by atoms with van der Waals surface area (Å²) in [7, 11) is 0. The highest BCUT2D eigenvalue weighted by atomic mass is 35.5. The molecule has 1 saturated heterocycles. The first kappa shape index (κ1) is 14.3. The van der Waals surface area contributed by atoms with Crippen molar-refractivity contribution >= 4 is 17.4 Å². The minimum Gasteiger partial charge on any atom is -0.355 e. The number of hydrogen-bond acceptors (Lipinski definition) is 2. The lowest BCUT2D eigenvalue weighted by atomic mass is 10.1. The molecule has 0 aromatic carbocycles. The number of hydrogen-bond donors (Lipinski definition) is 0. The van der Waals surface area contributed by atoms with Gasteiger partial charge in [0.25, 0.3) is 0 Å². The SMILES string of the molecule is FC(F)C1CCN(c2ncc(C(F)(F)F)cc2Cl)C1. The molecule has 1 aromatic heterocycles. The van der Waals surface area contributed by atoms with Gasteiger partial charge < -0.3 is 4.90 Å². The highest BCUT2D eigenvalue weighted by molar-refractivity contribution is 6.33. The van der Waals surface area contributed by atoms with E-state index in [1.165, 1.54) is 4.90 Å². The van der Waals surface area contributed by atoms with Crippen LogP contribution in [0.4, 0.5) is 27.8 Å². The number of aromatic nitrogens is 1. The zero-order valence-electron chi connectivity index (χ0n) is 9.59. The van der Waals surface area contributed by atoms with Crippen LogP contribution >= 0.6 is 11.6 Å². The molecular weight excluding hydrogens is 291 g/mol. The van der Waals surface area contributed by atoms with Crippen LogP contribution in [0.1, 0.15) is 12.0 Å². The first-order chi connectivity index (χ1) is 8.79. The summed E-state index contributed by atoms with van der Waals surface area (Å²) in [5, 5.41) is -0.176. The van der Waals surface area contributed by atoms with E-state index >= 15 is 0 Å². The standard InChI is InChI=1S/C11H10ClF5N2/c12-8-3-7(11(15,16)17)4-18-10(8)19-2-1-6(5-19)9(13)14/h3-4,6,9H,1-2,5H2. The Hall–Kier alpha value is -1.11. The van der Waals surface area contributed by atoms with E-state index in [4.69, 9.17) is 11.6 Å². The molecule has 0 saturated carbocycles. The molecule has 1 unspecified atom stereocenters. The van der Waals surface area contributed by atoms with Gasteiger partial charge in [0.05, 0.1) is 10.6 Å². The molecule has 106 valence electrons. The molecule has 19 heavy (non-hydrogen) atoms. The molecule has 0 amide bonds. The molecule has 1 aromatic rings. The van der Waals surface area contributed by atoms with Gasteiger partial charge in [-0.2, -0.15) is 13.2 Å². The summed E-state index contributed by atoms with van der Waals surface area (Å²) < 4.78 is 62.3. The summed E-state index contributed by atoms with van der Waals surface area (Å²) in [4.78, 5) is 5.13. The van der Waals surface area contributed by atoms with Crippen LogP contribution in [0.2, 0.25) is 5.02 Å². The van der Waals surface area contributed by atoms with Crippen LogP contribution in [0.15, 0.2) is 12.3 Å². The maximum Gasteiger partial charge on any atom is 0.417 e. The van der Waals surface area contributed by atoms with Gasteiger partial charge in [0.2, 0.25) is 6.43 Å². The Morgan fingerprint density at radius 2 is 2.05 bits per heavy atom. The lowest BCUT2D eigenvalue weighted by molar-refractivity contribution is -0.137. The molecule has 0 bridgehead atoms. The topological polar surface area (TPSA) is 16.1 Å². The van der Waals surface area contributed by atoms with E-state index in [2.05, 4.69) is 4.98 Å². The Labute approximate surface area is 111 Å². The van der Waals surface area contributed by atoms with E-state index < -0.39 is 24.1 Å². The van der Waals surface area contributed by atoms with Crippen molar-refractivity contribution in [3.8, 4) is 0 Å². The third-order valence-corrected chi connectivity index (χ3v) is 3.31. The van der Waals surface area contributed by atoms with Crippen molar-refractivity contribution in [3.63, 3.8) is 0 Å². The van der Waals surface area contributed by atoms with Crippen molar-refractivity contribution in [2.75, 3.05) is 18.0 Å². The summed E-state index contributed by atoms with van der Waals surface area (Å²) >= 11 is 5.75. The minimum atomic E-state index is -4.52. The minimum absolute atomic E-state index is 0.0513. The summed E-state index contributed by atoms with van der Waals surface area (Å²) in [6, 6.07) is 0.763. The number of alkyl halides is 5. The quantitative estimate of drug-likeness (QED) is 0.771. The third kappa shape index (κ3) is 3.08. The van der Waals surface area contributed by atoms with Gasteiger partial charge >= 0.3 is 6.18 Å². The van der Waals surface area contributed by atoms with Crippen molar-refractivity contribution in [1.82, 2.24) is 4.98 Å². The number of pyridine rings is 1. The van der Waals surface area contributed by atoms with Crippen LogP contribution in [0.5, 0.6) is 0 Å². The molecule has 8 heteroatoms. The lowest BCUT2D eigenvalue weighted by Gasteiger charge is -2.19. The molecule has 0 N–H and O–H groups in total. The van der Waals surface area contributed by atoms with Crippen molar-refractivity contribution < 1.29 is 22.0 Å². The smallest absolute Gasteiger partial charge is 0.355 e. The molecule has 2 rings (SSSR count). The van der Waals surface area contributed by atoms with Crippen molar-refractivity contribution in [2.24, 2.45) is 5.92 Å². The van der Waals surface area contributed by atoms with E-state index in [1.54, 1.807) is 0 Å². The van der Waals surface area contributed by atoms with Gasteiger partial charge in [-0.05, 0) is 12.5 Å². The van der Waals surface area contributed by atoms with Crippen LogP contribution < -0.4 is 4.90 Å². The number of halogens is 6. The second-order valence-electron chi connectivity index (χ2n) is 4.36. The second-order valence-corrected chi connectivity index (χ2v) is 4.76. The Balaban J connectivity index is 2.19. The Morgan fingerprint density at radius 3 is 2.53 bits per heavy atom. The van der Waals surface area contributed by atoms with Gasteiger partial charge in [-0.3, -0.25) is 0 Å². The highest BCUT2D eigenvalue weighted by Crippen LogP contribution is 2.35. The maximum atomic E-state index is 12.5. The zero-order chi connectivity index (χ0) is 14.2. The molecule has 1 atom stereocenters. The fourth-order valence-corrected chi connectivity index (χ4v) is 2.29. The third-order valence-electron chi connectivity index (χ3n) is 3.03. The first-order valence-electron chi connectivity index (χ1n) is 5.55. The Kier molecular flexibility index (Phi) is 3.85. The van der Waals surface area contributed by atoms with Crippen LogP contribution in [0.3, 0.4) is 0 Å². The van der Waals surface area contributed by atoms with Gasteiger partial charge in [0.15, 0.2) is 0 Å². The summed E-state index contributed by atoms with van der Waals surface area (Å²) in [5.41, 5.74) is -0.953. The number of anilines is 1. The molecule has 2 heterocycles. The van der Waals surface area contributed by atoms with Gasteiger partial charge in [0.1, 0.15) is 5.82 Å². The van der Waals surface area contributed by atoms with Crippen LogP contribution in [-0.2, 0) is 6.18 Å². The molecule has 0 aliphatic carbocycles. The Bertz CT molecular complexity index is 463. The van der Waals surface area contributed by atoms with Crippen molar-refractivity contribution in [3.05, 3.63) is 22.8 Å². The van der Waals surface area contributed by atoms with Crippen LogP contribution in [-0.4, -0.2) is 24.5 Å². The van der Waals surface area contributed by atoms with Crippen LogP contribution in [0.25, 0.3) is 0 Å². The molecule has 0 radical (unpaired) electrons. The van der Waals surface area contributed by atoms with Crippen LogP contribution in [0, 0.1) is 5.92 Å². The first-order valence-corrected chi connectivity index (χ1v) is 5.92. The van der Waals surface area contributed by atoms with Crippen molar-refractivity contribution in [1.29, 1.82) is 0 Å². The largest absolute Gasteiger partial charge is 0.417 e. The molecule has 2 nitrogen and oxygen atoms in total. The number of rotatable bonds is 2. The Morgan fingerprint density at radius 1 is 1.37 bits per heavy atom. The number of nitrogens with zero attached hydrogens (tertiary/aromatic N) is 2. The second kappa shape index (κ2) is 5.11. The van der Waals surface area contributed by atoms with E-state index in [0.717, 1.165) is 6.07 Å². The fraction of sp³-hybridized carbons (Fsp3) is 0.545. The molecular formula is C11H10ClF5N2. The molecule has 1 aliphatic rings. The average molecular weight is 301 g/mol. The monoisotopic (exact) mass is 300 g/mol. The van der Waals surface area contributed by atoms with E-state index in [9.17, 15) is 22.0 Å². The highest BCUT2D eigenvalue weighted by Gasteiger charge is 2.34.